The zero-order chi connectivity index (χ0) is 17.9. The van der Waals surface area contributed by atoms with E-state index in [1.54, 1.807) is 4.52 Å². The van der Waals surface area contributed by atoms with Gasteiger partial charge in [0.05, 0.1) is 0 Å². The Labute approximate surface area is 153 Å². The number of fused-ring (bicyclic) bond motifs is 1. The number of nitrogens with one attached hydrogen (secondary N) is 1. The number of rotatable bonds is 5. The predicted molar refractivity (Wildman–Crippen MR) is 103 cm³/mol. The van der Waals surface area contributed by atoms with Gasteiger partial charge in [-0.1, -0.05) is 55.5 Å². The molecule has 3 aromatic rings. The SMILES string of the molecule is Cc1cccc(-c2ccc3nc(NC(=O)CCC4CCCC4)nn3c2)c1. The third kappa shape index (κ3) is 3.77. The molecule has 1 aliphatic carbocycles. The van der Waals surface area contributed by atoms with Gasteiger partial charge in [0, 0.05) is 18.2 Å². The fraction of sp³-hybridized carbons (Fsp3) is 0.381. The van der Waals surface area contributed by atoms with Gasteiger partial charge in [0.25, 0.3) is 0 Å². The maximum absolute atomic E-state index is 12.2. The monoisotopic (exact) mass is 348 g/mol. The summed E-state index contributed by atoms with van der Waals surface area (Å²) >= 11 is 0. The van der Waals surface area contributed by atoms with Crippen molar-refractivity contribution < 1.29 is 4.79 Å². The van der Waals surface area contributed by atoms with Gasteiger partial charge in [0.1, 0.15) is 0 Å². The molecule has 1 saturated carbocycles. The van der Waals surface area contributed by atoms with E-state index in [2.05, 4.69) is 40.5 Å². The minimum atomic E-state index is 0.00622. The fourth-order valence-electron chi connectivity index (χ4n) is 3.75. The number of nitrogens with zero attached hydrogens (tertiary/aromatic N) is 3. The number of pyridine rings is 1. The van der Waals surface area contributed by atoms with Crippen LogP contribution >= 0.6 is 0 Å². The molecule has 1 aromatic carbocycles. The Balaban J connectivity index is 1.46. The molecule has 0 spiro atoms. The number of aryl methyl sites for hydroxylation is 1. The zero-order valence-electron chi connectivity index (χ0n) is 15.1. The molecule has 1 N–H and O–H groups in total. The molecule has 1 aliphatic rings. The molecule has 0 bridgehead atoms. The lowest BCUT2D eigenvalue weighted by atomic mass is 10.0. The molecule has 134 valence electrons. The average molecular weight is 348 g/mol. The average Bonchev–Trinajstić information content (AvgIpc) is 3.28. The molecule has 5 nitrogen and oxygen atoms in total. The minimum absolute atomic E-state index is 0.00622. The Bertz CT molecular complexity index is 925. The summed E-state index contributed by atoms with van der Waals surface area (Å²) in [6.45, 7) is 2.08. The van der Waals surface area contributed by atoms with Gasteiger partial charge < -0.3 is 0 Å². The van der Waals surface area contributed by atoms with Crippen LogP contribution in [0.1, 0.15) is 44.1 Å². The lowest BCUT2D eigenvalue weighted by Gasteiger charge is -2.07. The molecular weight excluding hydrogens is 324 g/mol. The highest BCUT2D eigenvalue weighted by atomic mass is 16.1. The summed E-state index contributed by atoms with van der Waals surface area (Å²) in [6.07, 6.45) is 8.62. The van der Waals surface area contributed by atoms with Crippen LogP contribution in [0.15, 0.2) is 42.6 Å². The number of hydrogen-bond donors (Lipinski definition) is 1. The third-order valence-corrected chi connectivity index (χ3v) is 5.19. The van der Waals surface area contributed by atoms with Gasteiger partial charge >= 0.3 is 0 Å². The van der Waals surface area contributed by atoms with Crippen LogP contribution in [0.25, 0.3) is 16.8 Å². The smallest absolute Gasteiger partial charge is 0.249 e. The van der Waals surface area contributed by atoms with E-state index in [1.807, 2.05) is 24.4 Å². The van der Waals surface area contributed by atoms with Crippen molar-refractivity contribution in [1.82, 2.24) is 14.6 Å². The van der Waals surface area contributed by atoms with Crippen LogP contribution in [0.4, 0.5) is 5.95 Å². The second kappa shape index (κ2) is 7.28. The topological polar surface area (TPSA) is 59.3 Å². The van der Waals surface area contributed by atoms with Crippen molar-refractivity contribution >= 4 is 17.5 Å². The van der Waals surface area contributed by atoms with E-state index in [-0.39, 0.29) is 5.91 Å². The number of amides is 1. The number of hydrogen-bond acceptors (Lipinski definition) is 3. The summed E-state index contributed by atoms with van der Waals surface area (Å²) in [5.74, 6) is 1.10. The molecule has 0 radical (unpaired) electrons. The van der Waals surface area contributed by atoms with Crippen LogP contribution < -0.4 is 5.32 Å². The first-order valence-electron chi connectivity index (χ1n) is 9.41. The molecule has 1 amide bonds. The Morgan fingerprint density at radius 1 is 1.19 bits per heavy atom. The first-order chi connectivity index (χ1) is 12.7. The standard InChI is InChI=1S/C21H24N4O/c1-15-5-4-8-17(13-15)18-10-11-19-22-21(24-25(19)14-18)23-20(26)12-9-16-6-2-3-7-16/h4-5,8,10-11,13-14,16H,2-3,6-7,9,12H2,1H3,(H,23,24,26). The molecule has 26 heavy (non-hydrogen) atoms. The molecule has 0 aliphatic heterocycles. The zero-order valence-corrected chi connectivity index (χ0v) is 15.1. The molecule has 0 saturated heterocycles. The normalized spacial score (nSPS) is 14.8. The van der Waals surface area contributed by atoms with E-state index in [4.69, 9.17) is 0 Å². The van der Waals surface area contributed by atoms with Crippen molar-refractivity contribution in [3.05, 3.63) is 48.2 Å². The molecular formula is C21H24N4O. The van der Waals surface area contributed by atoms with Gasteiger partial charge in [0.15, 0.2) is 5.65 Å². The Hall–Kier alpha value is -2.69. The quantitative estimate of drug-likeness (QED) is 0.732. The highest BCUT2D eigenvalue weighted by Gasteiger charge is 2.17. The van der Waals surface area contributed by atoms with Gasteiger partial charge in [-0.3, -0.25) is 10.1 Å². The second-order valence-corrected chi connectivity index (χ2v) is 7.26. The van der Waals surface area contributed by atoms with Crippen LogP contribution in [0, 0.1) is 12.8 Å². The highest BCUT2D eigenvalue weighted by molar-refractivity contribution is 5.89. The predicted octanol–water partition coefficient (Wildman–Crippen LogP) is 4.61. The molecule has 0 atom stereocenters. The lowest BCUT2D eigenvalue weighted by Crippen LogP contribution is -2.13. The summed E-state index contributed by atoms with van der Waals surface area (Å²) in [4.78, 5) is 16.6. The van der Waals surface area contributed by atoms with Crippen LogP contribution in [0.3, 0.4) is 0 Å². The molecule has 0 unspecified atom stereocenters. The molecule has 5 heteroatoms. The molecule has 2 heterocycles. The largest absolute Gasteiger partial charge is 0.293 e. The number of anilines is 1. The van der Waals surface area contributed by atoms with Gasteiger partial charge in [-0.25, -0.2) is 4.52 Å². The Morgan fingerprint density at radius 2 is 2.04 bits per heavy atom. The van der Waals surface area contributed by atoms with Crippen molar-refractivity contribution in [1.29, 1.82) is 0 Å². The van der Waals surface area contributed by atoms with E-state index in [1.165, 1.54) is 31.2 Å². The number of carbonyl (C=O) groups is 1. The number of carbonyl (C=O) groups excluding carboxylic acids is 1. The van der Waals surface area contributed by atoms with Crippen molar-refractivity contribution in [3.63, 3.8) is 0 Å². The maximum atomic E-state index is 12.2. The van der Waals surface area contributed by atoms with Gasteiger partial charge in [-0.15, -0.1) is 5.10 Å². The second-order valence-electron chi connectivity index (χ2n) is 7.26. The van der Waals surface area contributed by atoms with E-state index < -0.39 is 0 Å². The highest BCUT2D eigenvalue weighted by Crippen LogP contribution is 2.28. The van der Waals surface area contributed by atoms with Gasteiger partial charge in [0.2, 0.25) is 11.9 Å². The van der Waals surface area contributed by atoms with Crippen molar-refractivity contribution in [2.75, 3.05) is 5.32 Å². The van der Waals surface area contributed by atoms with E-state index in [9.17, 15) is 4.79 Å². The van der Waals surface area contributed by atoms with Crippen LogP contribution in [-0.2, 0) is 4.79 Å². The molecule has 2 aromatic heterocycles. The third-order valence-electron chi connectivity index (χ3n) is 5.19. The Morgan fingerprint density at radius 3 is 2.85 bits per heavy atom. The van der Waals surface area contributed by atoms with Crippen molar-refractivity contribution in [2.24, 2.45) is 5.92 Å². The van der Waals surface area contributed by atoms with E-state index >= 15 is 0 Å². The number of aromatic nitrogens is 3. The maximum Gasteiger partial charge on any atom is 0.249 e. The van der Waals surface area contributed by atoms with Gasteiger partial charge in [-0.05, 0) is 37.0 Å². The van der Waals surface area contributed by atoms with E-state index in [0.717, 1.165) is 23.2 Å². The van der Waals surface area contributed by atoms with Gasteiger partial charge in [-0.2, -0.15) is 4.98 Å². The fourth-order valence-corrected chi connectivity index (χ4v) is 3.75. The first kappa shape index (κ1) is 16.8. The van der Waals surface area contributed by atoms with Crippen LogP contribution in [-0.4, -0.2) is 20.5 Å². The lowest BCUT2D eigenvalue weighted by molar-refractivity contribution is -0.116. The summed E-state index contributed by atoms with van der Waals surface area (Å²) in [5, 5.41) is 7.26. The van der Waals surface area contributed by atoms with Crippen molar-refractivity contribution in [2.45, 2.75) is 45.4 Å². The Kier molecular flexibility index (Phi) is 4.69. The van der Waals surface area contributed by atoms with Crippen LogP contribution in [0.2, 0.25) is 0 Å². The minimum Gasteiger partial charge on any atom is -0.293 e. The first-order valence-corrected chi connectivity index (χ1v) is 9.41. The summed E-state index contributed by atoms with van der Waals surface area (Å²) < 4.78 is 1.73. The molecule has 1 fully saturated rings. The van der Waals surface area contributed by atoms with E-state index in [0.29, 0.717) is 18.3 Å². The summed E-state index contributed by atoms with van der Waals surface area (Å²) in [6, 6.07) is 12.3. The molecule has 4 rings (SSSR count). The summed E-state index contributed by atoms with van der Waals surface area (Å²) in [5.41, 5.74) is 4.17. The number of benzene rings is 1. The van der Waals surface area contributed by atoms with Crippen LogP contribution in [0.5, 0.6) is 0 Å². The summed E-state index contributed by atoms with van der Waals surface area (Å²) in [7, 11) is 0. The van der Waals surface area contributed by atoms with Crippen molar-refractivity contribution in [3.8, 4) is 11.1 Å².